The Balaban J connectivity index is 1.52. The summed E-state index contributed by atoms with van der Waals surface area (Å²) in [6.45, 7) is 3.73. The van der Waals surface area contributed by atoms with Crippen LogP contribution in [-0.4, -0.2) is 25.7 Å². The highest BCUT2D eigenvalue weighted by atomic mass is 35.5. The number of anilines is 1. The lowest BCUT2D eigenvalue weighted by molar-refractivity contribution is -0.118. The van der Waals surface area contributed by atoms with Gasteiger partial charge >= 0.3 is 0 Å². The number of halogens is 1. The highest BCUT2D eigenvalue weighted by molar-refractivity contribution is 7.09. The SMILES string of the molecule is CC(NCC(=O)N(Cc1cccs1)c1ccc2c(c1)OCCO2)c1ccccc1Cl. The average molecular weight is 443 g/mol. The van der Waals surface area contributed by atoms with Gasteiger partial charge in [-0.3, -0.25) is 4.79 Å². The van der Waals surface area contributed by atoms with Crippen LogP contribution in [0.2, 0.25) is 5.02 Å². The maximum atomic E-state index is 13.2. The highest BCUT2D eigenvalue weighted by Crippen LogP contribution is 2.34. The first-order valence-electron chi connectivity index (χ1n) is 9.82. The number of carbonyl (C=O) groups is 1. The van der Waals surface area contributed by atoms with Crippen LogP contribution < -0.4 is 19.7 Å². The van der Waals surface area contributed by atoms with E-state index in [0.717, 1.165) is 16.1 Å². The molecule has 3 aromatic rings. The number of hydrogen-bond donors (Lipinski definition) is 1. The van der Waals surface area contributed by atoms with Gasteiger partial charge in [0.05, 0.1) is 13.1 Å². The van der Waals surface area contributed by atoms with Crippen molar-refractivity contribution < 1.29 is 14.3 Å². The minimum absolute atomic E-state index is 0.0287. The second kappa shape index (κ2) is 9.51. The number of nitrogens with one attached hydrogen (secondary N) is 1. The van der Waals surface area contributed by atoms with Gasteiger partial charge in [0.2, 0.25) is 5.91 Å². The van der Waals surface area contributed by atoms with Gasteiger partial charge in [-0.05, 0) is 42.1 Å². The van der Waals surface area contributed by atoms with E-state index in [4.69, 9.17) is 21.1 Å². The number of hydrogen-bond acceptors (Lipinski definition) is 5. The Bertz CT molecular complexity index is 1010. The number of benzene rings is 2. The van der Waals surface area contributed by atoms with Gasteiger partial charge < -0.3 is 19.7 Å². The van der Waals surface area contributed by atoms with Crippen molar-refractivity contribution in [3.8, 4) is 11.5 Å². The van der Waals surface area contributed by atoms with Crippen LogP contribution >= 0.6 is 22.9 Å². The molecule has 4 rings (SSSR count). The lowest BCUT2D eigenvalue weighted by Crippen LogP contribution is -2.38. The van der Waals surface area contributed by atoms with E-state index < -0.39 is 0 Å². The number of thiophene rings is 1. The molecule has 0 fully saturated rings. The maximum Gasteiger partial charge on any atom is 0.241 e. The molecule has 1 N–H and O–H groups in total. The Hall–Kier alpha value is -2.54. The van der Waals surface area contributed by atoms with Crippen LogP contribution in [0.3, 0.4) is 0 Å². The van der Waals surface area contributed by atoms with Crippen molar-refractivity contribution in [1.29, 1.82) is 0 Å². The monoisotopic (exact) mass is 442 g/mol. The second-order valence-electron chi connectivity index (χ2n) is 7.01. The van der Waals surface area contributed by atoms with E-state index in [1.54, 1.807) is 16.2 Å². The largest absolute Gasteiger partial charge is 0.486 e. The maximum absolute atomic E-state index is 13.2. The first-order chi connectivity index (χ1) is 14.6. The molecule has 0 bridgehead atoms. The van der Waals surface area contributed by atoms with E-state index in [2.05, 4.69) is 5.32 Å². The molecular weight excluding hydrogens is 420 g/mol. The Labute approximate surface area is 185 Å². The smallest absolute Gasteiger partial charge is 0.241 e. The number of amides is 1. The van der Waals surface area contributed by atoms with Crippen molar-refractivity contribution in [1.82, 2.24) is 5.32 Å². The molecular formula is C23H23ClN2O3S. The molecule has 1 amide bonds. The quantitative estimate of drug-likeness (QED) is 0.555. The zero-order valence-electron chi connectivity index (χ0n) is 16.6. The van der Waals surface area contributed by atoms with Crippen molar-refractivity contribution in [3.05, 3.63) is 75.4 Å². The fourth-order valence-corrected chi connectivity index (χ4v) is 4.35. The molecule has 1 aliphatic rings. The normalized spacial score (nSPS) is 13.7. The number of nitrogens with zero attached hydrogens (tertiary/aromatic N) is 1. The van der Waals surface area contributed by atoms with Crippen LogP contribution in [0, 0.1) is 0 Å². The molecule has 30 heavy (non-hydrogen) atoms. The van der Waals surface area contributed by atoms with Crippen LogP contribution in [0.4, 0.5) is 5.69 Å². The summed E-state index contributed by atoms with van der Waals surface area (Å²) in [5, 5.41) is 6.00. The average Bonchev–Trinajstić information content (AvgIpc) is 3.29. The lowest BCUT2D eigenvalue weighted by Gasteiger charge is -2.26. The number of ether oxygens (including phenoxy) is 2. The minimum Gasteiger partial charge on any atom is -0.486 e. The summed E-state index contributed by atoms with van der Waals surface area (Å²) in [6, 6.07) is 17.3. The highest BCUT2D eigenvalue weighted by Gasteiger charge is 2.21. The Kier molecular flexibility index (Phi) is 6.57. The van der Waals surface area contributed by atoms with E-state index >= 15 is 0 Å². The summed E-state index contributed by atoms with van der Waals surface area (Å²) in [5.41, 5.74) is 1.75. The van der Waals surface area contributed by atoms with Gasteiger partial charge in [-0.1, -0.05) is 35.9 Å². The third-order valence-electron chi connectivity index (χ3n) is 4.96. The number of fused-ring (bicyclic) bond motifs is 1. The first kappa shape index (κ1) is 20.7. The van der Waals surface area contributed by atoms with Gasteiger partial charge in [0.15, 0.2) is 11.5 Å². The third-order valence-corrected chi connectivity index (χ3v) is 6.17. The molecule has 0 saturated heterocycles. The summed E-state index contributed by atoms with van der Waals surface area (Å²) in [4.78, 5) is 16.1. The van der Waals surface area contributed by atoms with Crippen molar-refractivity contribution in [2.45, 2.75) is 19.5 Å². The standard InChI is InChI=1S/C23H23ClN2O3S/c1-16(19-6-2-3-7-20(19)24)25-14-23(27)26(15-18-5-4-12-30-18)17-8-9-21-22(13-17)29-11-10-28-21/h2-9,12-13,16,25H,10-11,14-15H2,1H3. The van der Waals surface area contributed by atoms with Crippen LogP contribution in [0.25, 0.3) is 0 Å². The summed E-state index contributed by atoms with van der Waals surface area (Å²) < 4.78 is 11.3. The van der Waals surface area contributed by atoms with Crippen molar-refractivity contribution in [2.75, 3.05) is 24.7 Å². The predicted octanol–water partition coefficient (Wildman–Crippen LogP) is 5.06. The van der Waals surface area contributed by atoms with E-state index in [-0.39, 0.29) is 18.5 Å². The zero-order chi connectivity index (χ0) is 20.9. The Morgan fingerprint density at radius 3 is 2.70 bits per heavy atom. The van der Waals surface area contributed by atoms with Crippen molar-refractivity contribution in [2.24, 2.45) is 0 Å². The van der Waals surface area contributed by atoms with Gasteiger partial charge in [0, 0.05) is 27.7 Å². The molecule has 2 aromatic carbocycles. The van der Waals surface area contributed by atoms with Gasteiger partial charge in [0.1, 0.15) is 13.2 Å². The van der Waals surface area contributed by atoms with Crippen LogP contribution in [0.15, 0.2) is 60.0 Å². The molecule has 1 atom stereocenters. The predicted molar refractivity (Wildman–Crippen MR) is 121 cm³/mol. The minimum atomic E-state index is -0.0495. The van der Waals surface area contributed by atoms with Crippen molar-refractivity contribution in [3.63, 3.8) is 0 Å². The molecule has 0 aliphatic carbocycles. The summed E-state index contributed by atoms with van der Waals surface area (Å²) in [6.07, 6.45) is 0. The van der Waals surface area contributed by atoms with Crippen molar-refractivity contribution >= 4 is 34.5 Å². The number of carbonyl (C=O) groups excluding carboxylic acids is 1. The molecule has 5 nitrogen and oxygen atoms in total. The fourth-order valence-electron chi connectivity index (χ4n) is 3.35. The first-order valence-corrected chi connectivity index (χ1v) is 11.1. The third kappa shape index (κ3) is 4.78. The Morgan fingerprint density at radius 2 is 1.93 bits per heavy atom. The van der Waals surface area contributed by atoms with Gasteiger partial charge in [0.25, 0.3) is 0 Å². The Morgan fingerprint density at radius 1 is 1.13 bits per heavy atom. The molecule has 0 radical (unpaired) electrons. The zero-order valence-corrected chi connectivity index (χ0v) is 18.2. The molecule has 156 valence electrons. The summed E-state index contributed by atoms with van der Waals surface area (Å²) in [5.74, 6) is 1.35. The molecule has 1 unspecified atom stereocenters. The van der Waals surface area contributed by atoms with E-state index in [1.807, 2.05) is 66.9 Å². The van der Waals surface area contributed by atoms with E-state index in [0.29, 0.717) is 36.3 Å². The topological polar surface area (TPSA) is 50.8 Å². The number of rotatable bonds is 7. The molecule has 1 aliphatic heterocycles. The van der Waals surface area contributed by atoms with E-state index in [1.165, 1.54) is 0 Å². The van der Waals surface area contributed by atoms with Gasteiger partial charge in [-0.25, -0.2) is 0 Å². The van der Waals surface area contributed by atoms with Crippen LogP contribution in [0.1, 0.15) is 23.4 Å². The second-order valence-corrected chi connectivity index (χ2v) is 8.45. The molecule has 0 saturated carbocycles. The molecule has 2 heterocycles. The van der Waals surface area contributed by atoms with Gasteiger partial charge in [-0.2, -0.15) is 0 Å². The summed E-state index contributed by atoms with van der Waals surface area (Å²) >= 11 is 7.92. The van der Waals surface area contributed by atoms with E-state index in [9.17, 15) is 4.79 Å². The molecule has 0 spiro atoms. The summed E-state index contributed by atoms with van der Waals surface area (Å²) in [7, 11) is 0. The van der Waals surface area contributed by atoms with Gasteiger partial charge in [-0.15, -0.1) is 11.3 Å². The van der Waals surface area contributed by atoms with Crippen LogP contribution in [0.5, 0.6) is 11.5 Å². The van der Waals surface area contributed by atoms with Crippen LogP contribution in [-0.2, 0) is 11.3 Å². The molecule has 7 heteroatoms. The fraction of sp³-hybridized carbons (Fsp3) is 0.261. The molecule has 1 aromatic heterocycles. The lowest BCUT2D eigenvalue weighted by atomic mass is 10.1.